The van der Waals surface area contributed by atoms with Crippen LogP contribution in [0.1, 0.15) is 67.7 Å². The number of fused-ring (bicyclic) bond motifs is 3. The van der Waals surface area contributed by atoms with E-state index in [9.17, 15) is 14.4 Å². The normalized spacial score (nSPS) is 16.1. The topological polar surface area (TPSA) is 106 Å². The van der Waals surface area contributed by atoms with Crippen LogP contribution in [-0.2, 0) is 16.0 Å². The highest BCUT2D eigenvalue weighted by Crippen LogP contribution is 2.50. The van der Waals surface area contributed by atoms with Crippen LogP contribution in [0.15, 0.2) is 59.4 Å². The Balaban J connectivity index is 1.32. The molecule has 1 atom stereocenters. The summed E-state index contributed by atoms with van der Waals surface area (Å²) in [5.74, 6) is 2.00. The maximum atomic E-state index is 13.5. The third-order valence-corrected chi connectivity index (χ3v) is 8.92. The zero-order valence-corrected chi connectivity index (χ0v) is 26.6. The summed E-state index contributed by atoms with van der Waals surface area (Å²) in [5, 5.41) is 6.29. The summed E-state index contributed by atoms with van der Waals surface area (Å²) in [7, 11) is 4.72. The van der Waals surface area contributed by atoms with E-state index >= 15 is 0 Å². The van der Waals surface area contributed by atoms with Crippen LogP contribution >= 0.6 is 0 Å². The standard InChI is InChI=1S/C36H43N3O6/c1-23(40)38-29-14-12-26-21-32(43-2)35(44-3)36(45-4)34(26)27-13-15-30(31(41)22-28(27)29)37-18-8-11-33(42)39-19-16-25(17-20-39)24-9-6-5-7-10-24/h5-7,9-10,13,15,21-22,25,29H,8,11-12,14,16-20H2,1-4H3,(H,37,41)(H,38,40)/t29-/m0/s1. The summed E-state index contributed by atoms with van der Waals surface area (Å²) in [6, 6.07) is 17.3. The van der Waals surface area contributed by atoms with Crippen LogP contribution in [0.2, 0.25) is 0 Å². The van der Waals surface area contributed by atoms with Gasteiger partial charge in [0.05, 0.1) is 33.1 Å². The number of methoxy groups -OCH3 is 3. The minimum absolute atomic E-state index is 0.155. The number of carbonyl (C=O) groups excluding carboxylic acids is 2. The first-order valence-corrected chi connectivity index (χ1v) is 15.7. The van der Waals surface area contributed by atoms with Gasteiger partial charge in [-0.3, -0.25) is 14.4 Å². The lowest BCUT2D eigenvalue weighted by molar-refractivity contribution is -0.132. The number of nitrogens with one attached hydrogen (secondary N) is 2. The molecule has 2 aliphatic rings. The third-order valence-electron chi connectivity index (χ3n) is 8.92. The van der Waals surface area contributed by atoms with Crippen LogP contribution in [0.25, 0.3) is 11.1 Å². The number of hydrogen-bond donors (Lipinski definition) is 2. The highest BCUT2D eigenvalue weighted by molar-refractivity contribution is 5.84. The molecule has 0 radical (unpaired) electrons. The SMILES string of the molecule is COc1cc2c(c(OC)c1OC)-c1ccc(NCCCC(=O)N3CCC(c4ccccc4)CC3)c(=O)cc1[C@@H](NC(C)=O)CC2. The van der Waals surface area contributed by atoms with Crippen LogP contribution in [0.5, 0.6) is 17.2 Å². The first kappa shape index (κ1) is 31.9. The number of piperidine rings is 1. The van der Waals surface area contributed by atoms with Crippen molar-refractivity contribution >= 4 is 17.5 Å². The van der Waals surface area contributed by atoms with Crippen molar-refractivity contribution in [2.24, 2.45) is 0 Å². The molecular formula is C36H43N3O6. The molecule has 238 valence electrons. The van der Waals surface area contributed by atoms with Crippen molar-refractivity contribution < 1.29 is 23.8 Å². The molecule has 2 N–H and O–H groups in total. The molecule has 0 spiro atoms. The van der Waals surface area contributed by atoms with Gasteiger partial charge >= 0.3 is 0 Å². The molecule has 1 heterocycles. The molecule has 1 aliphatic carbocycles. The highest BCUT2D eigenvalue weighted by Gasteiger charge is 2.29. The van der Waals surface area contributed by atoms with E-state index in [4.69, 9.17) is 14.2 Å². The number of carbonyl (C=O) groups is 2. The quantitative estimate of drug-likeness (QED) is 0.293. The van der Waals surface area contributed by atoms with Gasteiger partial charge in [-0.2, -0.15) is 0 Å². The smallest absolute Gasteiger partial charge is 0.222 e. The molecule has 2 amide bonds. The molecule has 0 unspecified atom stereocenters. The van der Waals surface area contributed by atoms with Gasteiger partial charge in [-0.05, 0) is 78.5 Å². The van der Waals surface area contributed by atoms with Crippen molar-refractivity contribution in [2.45, 2.75) is 57.4 Å². The average molecular weight is 614 g/mol. The fraction of sp³-hybridized carbons (Fsp3) is 0.417. The second kappa shape index (κ2) is 14.5. The number of hydrogen-bond acceptors (Lipinski definition) is 7. The maximum absolute atomic E-state index is 13.5. The van der Waals surface area contributed by atoms with Gasteiger partial charge in [-0.25, -0.2) is 0 Å². The largest absolute Gasteiger partial charge is 0.493 e. The molecule has 5 rings (SSSR count). The van der Waals surface area contributed by atoms with Crippen LogP contribution < -0.4 is 30.3 Å². The molecule has 45 heavy (non-hydrogen) atoms. The number of aryl methyl sites for hydroxylation is 1. The minimum Gasteiger partial charge on any atom is -0.493 e. The average Bonchev–Trinajstić information content (AvgIpc) is 3.30. The molecule has 0 bridgehead atoms. The monoisotopic (exact) mass is 613 g/mol. The molecule has 1 aliphatic heterocycles. The van der Waals surface area contributed by atoms with Crippen LogP contribution in [0, 0.1) is 0 Å². The van der Waals surface area contributed by atoms with E-state index in [1.165, 1.54) is 12.5 Å². The summed E-state index contributed by atoms with van der Waals surface area (Å²) < 4.78 is 17.1. The van der Waals surface area contributed by atoms with Crippen molar-refractivity contribution in [3.8, 4) is 28.4 Å². The van der Waals surface area contributed by atoms with Gasteiger partial charge in [-0.1, -0.05) is 36.4 Å². The Hall–Kier alpha value is -4.53. The number of ether oxygens (including phenoxy) is 3. The van der Waals surface area contributed by atoms with Gasteiger partial charge in [-0.15, -0.1) is 0 Å². The van der Waals surface area contributed by atoms with Gasteiger partial charge in [0, 0.05) is 38.5 Å². The zero-order valence-electron chi connectivity index (χ0n) is 26.6. The fourth-order valence-corrected chi connectivity index (χ4v) is 6.66. The predicted molar refractivity (Wildman–Crippen MR) is 175 cm³/mol. The van der Waals surface area contributed by atoms with E-state index in [2.05, 4.69) is 34.9 Å². The second-order valence-corrected chi connectivity index (χ2v) is 11.7. The van der Waals surface area contributed by atoms with Crippen molar-refractivity contribution in [2.75, 3.05) is 46.3 Å². The Morgan fingerprint density at radius 3 is 2.31 bits per heavy atom. The molecule has 1 fully saturated rings. The number of nitrogens with zero attached hydrogens (tertiary/aromatic N) is 1. The summed E-state index contributed by atoms with van der Waals surface area (Å²) in [6.07, 6.45) is 4.21. The Labute approximate surface area is 264 Å². The summed E-state index contributed by atoms with van der Waals surface area (Å²) in [6.45, 7) is 3.50. The Morgan fingerprint density at radius 2 is 1.64 bits per heavy atom. The molecule has 9 heteroatoms. The van der Waals surface area contributed by atoms with Gasteiger partial charge in [0.25, 0.3) is 0 Å². The molecule has 0 saturated carbocycles. The number of amides is 2. The summed E-state index contributed by atoms with van der Waals surface area (Å²) >= 11 is 0. The highest BCUT2D eigenvalue weighted by atomic mass is 16.5. The van der Waals surface area contributed by atoms with Crippen LogP contribution in [0.4, 0.5) is 5.69 Å². The minimum atomic E-state index is -0.372. The van der Waals surface area contributed by atoms with E-state index in [-0.39, 0.29) is 23.3 Å². The zero-order chi connectivity index (χ0) is 31.9. The van der Waals surface area contributed by atoms with E-state index in [0.717, 1.165) is 42.6 Å². The maximum Gasteiger partial charge on any atom is 0.222 e. The fourth-order valence-electron chi connectivity index (χ4n) is 6.66. The Kier molecular flexibility index (Phi) is 10.3. The number of likely N-dealkylation sites (tertiary alicyclic amines) is 1. The van der Waals surface area contributed by atoms with Gasteiger partial charge < -0.3 is 29.7 Å². The predicted octanol–water partition coefficient (Wildman–Crippen LogP) is 5.46. The van der Waals surface area contributed by atoms with Crippen LogP contribution in [-0.4, -0.2) is 57.7 Å². The Bertz CT molecular complexity index is 1580. The third kappa shape index (κ3) is 7.08. The van der Waals surface area contributed by atoms with Crippen molar-refractivity contribution in [3.05, 3.63) is 81.5 Å². The number of benzene rings is 2. The molecule has 1 saturated heterocycles. The molecular weight excluding hydrogens is 570 g/mol. The summed E-state index contributed by atoms with van der Waals surface area (Å²) in [5.41, 5.74) is 4.85. The first-order chi connectivity index (χ1) is 21.8. The molecule has 0 aromatic heterocycles. The number of anilines is 1. The van der Waals surface area contributed by atoms with Gasteiger partial charge in [0.2, 0.25) is 23.0 Å². The van der Waals surface area contributed by atoms with E-state index in [1.54, 1.807) is 33.5 Å². The first-order valence-electron chi connectivity index (χ1n) is 15.7. The van der Waals surface area contributed by atoms with E-state index in [1.807, 2.05) is 23.1 Å². The van der Waals surface area contributed by atoms with Crippen LogP contribution in [0.3, 0.4) is 0 Å². The Morgan fingerprint density at radius 1 is 0.911 bits per heavy atom. The second-order valence-electron chi connectivity index (χ2n) is 11.7. The van der Waals surface area contributed by atoms with Gasteiger partial charge in [0.1, 0.15) is 0 Å². The lowest BCUT2D eigenvalue weighted by Crippen LogP contribution is -2.38. The van der Waals surface area contributed by atoms with Crippen molar-refractivity contribution in [1.29, 1.82) is 0 Å². The molecule has 3 aromatic carbocycles. The summed E-state index contributed by atoms with van der Waals surface area (Å²) in [4.78, 5) is 40.6. The van der Waals surface area contributed by atoms with Gasteiger partial charge in [0.15, 0.2) is 11.5 Å². The van der Waals surface area contributed by atoms with E-state index in [0.29, 0.717) is 66.6 Å². The number of rotatable bonds is 10. The lowest BCUT2D eigenvalue weighted by atomic mass is 9.89. The van der Waals surface area contributed by atoms with Crippen molar-refractivity contribution in [1.82, 2.24) is 10.2 Å². The lowest BCUT2D eigenvalue weighted by Gasteiger charge is -2.32. The van der Waals surface area contributed by atoms with E-state index < -0.39 is 0 Å². The molecule has 3 aromatic rings. The van der Waals surface area contributed by atoms with Crippen molar-refractivity contribution in [3.63, 3.8) is 0 Å². The molecule has 9 nitrogen and oxygen atoms in total.